The van der Waals surface area contributed by atoms with Crippen LogP contribution in [0.1, 0.15) is 38.0 Å². The number of hydrogen-bond acceptors (Lipinski definition) is 6. The van der Waals surface area contributed by atoms with Crippen molar-refractivity contribution in [2.24, 2.45) is 0 Å². The fourth-order valence-electron chi connectivity index (χ4n) is 2.57. The summed E-state index contributed by atoms with van der Waals surface area (Å²) in [6.07, 6.45) is 5.75. The molecule has 0 amide bonds. The van der Waals surface area contributed by atoms with Crippen LogP contribution in [-0.2, 0) is 11.3 Å². The summed E-state index contributed by atoms with van der Waals surface area (Å²) in [5, 5.41) is 0. The van der Waals surface area contributed by atoms with Crippen LogP contribution >= 0.6 is 0 Å². The molecular formula is C18H17N3O4. The van der Waals surface area contributed by atoms with E-state index in [1.54, 1.807) is 12.3 Å². The lowest BCUT2D eigenvalue weighted by Crippen LogP contribution is -2.16. The number of carbonyl (C=O) groups is 2. The fourth-order valence-corrected chi connectivity index (χ4v) is 2.57. The van der Waals surface area contributed by atoms with Gasteiger partial charge in [-0.2, -0.15) is 0 Å². The Labute approximate surface area is 144 Å². The number of ether oxygens (including phenoxy) is 1. The number of Topliss-reactive ketones (excluding diaryl/α,β-unsaturated/α-hetero) is 1. The van der Waals surface area contributed by atoms with E-state index >= 15 is 0 Å². The number of nitrogens with zero attached hydrogens (tertiary/aromatic N) is 3. The predicted octanol–water partition coefficient (Wildman–Crippen LogP) is 2.58. The summed E-state index contributed by atoms with van der Waals surface area (Å²) in [6.45, 7) is 3.96. The molecule has 0 saturated heterocycles. The van der Waals surface area contributed by atoms with E-state index in [4.69, 9.17) is 9.15 Å². The summed E-state index contributed by atoms with van der Waals surface area (Å²) in [7, 11) is 0. The van der Waals surface area contributed by atoms with Gasteiger partial charge in [0.15, 0.2) is 12.3 Å². The van der Waals surface area contributed by atoms with Crippen LogP contribution < -0.4 is 0 Å². The van der Waals surface area contributed by atoms with Gasteiger partial charge in [-0.25, -0.2) is 9.78 Å². The molecule has 3 aromatic heterocycles. The summed E-state index contributed by atoms with van der Waals surface area (Å²) in [4.78, 5) is 31.9. The number of esters is 1. The van der Waals surface area contributed by atoms with Crippen molar-refractivity contribution in [1.29, 1.82) is 0 Å². The Morgan fingerprint density at radius 1 is 1.28 bits per heavy atom. The first-order valence-electron chi connectivity index (χ1n) is 7.71. The number of rotatable bonds is 6. The Kier molecular flexibility index (Phi) is 4.74. The normalized spacial score (nSPS) is 10.6. The van der Waals surface area contributed by atoms with Gasteiger partial charge in [0.05, 0.1) is 19.0 Å². The van der Waals surface area contributed by atoms with E-state index in [9.17, 15) is 9.59 Å². The third-order valence-corrected chi connectivity index (χ3v) is 3.87. The Bertz CT molecular complexity index is 883. The minimum atomic E-state index is -0.675. The third-order valence-electron chi connectivity index (χ3n) is 3.87. The topological polar surface area (TPSA) is 87.2 Å². The molecule has 0 fully saturated rings. The van der Waals surface area contributed by atoms with E-state index in [0.29, 0.717) is 12.1 Å². The van der Waals surface area contributed by atoms with Gasteiger partial charge in [0.1, 0.15) is 5.76 Å². The van der Waals surface area contributed by atoms with Gasteiger partial charge in [0, 0.05) is 29.3 Å². The highest BCUT2D eigenvalue weighted by Crippen LogP contribution is 2.18. The van der Waals surface area contributed by atoms with Crippen molar-refractivity contribution >= 4 is 11.8 Å². The van der Waals surface area contributed by atoms with Crippen molar-refractivity contribution in [2.45, 2.75) is 20.4 Å². The molecule has 25 heavy (non-hydrogen) atoms. The van der Waals surface area contributed by atoms with Gasteiger partial charge < -0.3 is 13.7 Å². The highest BCUT2D eigenvalue weighted by molar-refractivity contribution is 6.00. The SMILES string of the molecule is Cc1cc(C(=O)COC(=O)c2cnccn2)c(C)n1Cc1ccco1. The molecule has 0 saturated carbocycles. The Morgan fingerprint density at radius 3 is 2.80 bits per heavy atom. The number of hydrogen-bond donors (Lipinski definition) is 0. The lowest BCUT2D eigenvalue weighted by molar-refractivity contribution is 0.0468. The van der Waals surface area contributed by atoms with Gasteiger partial charge in [-0.3, -0.25) is 9.78 Å². The number of aryl methyl sites for hydroxylation is 1. The number of furan rings is 1. The lowest BCUT2D eigenvalue weighted by Gasteiger charge is -2.08. The van der Waals surface area contributed by atoms with Crippen molar-refractivity contribution in [3.05, 3.63) is 71.5 Å². The summed E-state index contributed by atoms with van der Waals surface area (Å²) in [5.74, 6) is -0.142. The predicted molar refractivity (Wildman–Crippen MR) is 88.4 cm³/mol. The molecule has 0 aliphatic rings. The van der Waals surface area contributed by atoms with Crippen molar-refractivity contribution in [1.82, 2.24) is 14.5 Å². The van der Waals surface area contributed by atoms with Crippen LogP contribution in [0.25, 0.3) is 0 Å². The van der Waals surface area contributed by atoms with Crippen LogP contribution in [0.3, 0.4) is 0 Å². The van der Waals surface area contributed by atoms with Gasteiger partial charge >= 0.3 is 5.97 Å². The highest BCUT2D eigenvalue weighted by Gasteiger charge is 2.18. The molecule has 7 heteroatoms. The molecule has 7 nitrogen and oxygen atoms in total. The van der Waals surface area contributed by atoms with Crippen LogP contribution in [0.4, 0.5) is 0 Å². The monoisotopic (exact) mass is 339 g/mol. The van der Waals surface area contributed by atoms with Gasteiger partial charge in [0.2, 0.25) is 5.78 Å². The van der Waals surface area contributed by atoms with Gasteiger partial charge in [0.25, 0.3) is 0 Å². The van der Waals surface area contributed by atoms with E-state index in [2.05, 4.69) is 9.97 Å². The molecule has 3 rings (SSSR count). The summed E-state index contributed by atoms with van der Waals surface area (Å²) in [5.41, 5.74) is 2.32. The van der Waals surface area contributed by atoms with E-state index in [1.165, 1.54) is 18.6 Å². The Hall–Kier alpha value is -3.22. The zero-order valence-corrected chi connectivity index (χ0v) is 13.9. The zero-order valence-electron chi connectivity index (χ0n) is 13.9. The molecule has 3 heterocycles. The largest absolute Gasteiger partial charge is 0.467 e. The minimum Gasteiger partial charge on any atom is -0.467 e. The number of carbonyl (C=O) groups excluding carboxylic acids is 2. The molecular weight excluding hydrogens is 322 g/mol. The molecule has 3 aromatic rings. The average molecular weight is 339 g/mol. The molecule has 0 atom stereocenters. The first-order chi connectivity index (χ1) is 12.1. The maximum absolute atomic E-state index is 12.4. The molecule has 0 aliphatic heterocycles. The van der Waals surface area contributed by atoms with Crippen LogP contribution in [0.15, 0.2) is 47.5 Å². The van der Waals surface area contributed by atoms with Crippen LogP contribution in [-0.4, -0.2) is 32.9 Å². The Balaban J connectivity index is 1.69. The second kappa shape index (κ2) is 7.12. The van der Waals surface area contributed by atoms with E-state index < -0.39 is 5.97 Å². The molecule has 0 unspecified atom stereocenters. The summed E-state index contributed by atoms with van der Waals surface area (Å²) < 4.78 is 12.4. The standard InChI is InChI=1S/C18H17N3O4/c1-12-8-15(13(2)21(12)10-14-4-3-7-24-14)17(22)11-25-18(23)16-9-19-5-6-20-16/h3-9H,10-11H2,1-2H3. The molecule has 0 aromatic carbocycles. The maximum Gasteiger partial charge on any atom is 0.358 e. The van der Waals surface area contributed by atoms with E-state index in [0.717, 1.165) is 17.1 Å². The van der Waals surface area contributed by atoms with Crippen LogP contribution in [0.2, 0.25) is 0 Å². The van der Waals surface area contributed by atoms with Crippen molar-refractivity contribution in [3.8, 4) is 0 Å². The second-order valence-corrected chi connectivity index (χ2v) is 5.54. The van der Waals surface area contributed by atoms with Gasteiger partial charge in [-0.05, 0) is 32.0 Å². The molecule has 128 valence electrons. The van der Waals surface area contributed by atoms with Crippen molar-refractivity contribution < 1.29 is 18.7 Å². The van der Waals surface area contributed by atoms with Crippen LogP contribution in [0, 0.1) is 13.8 Å². The lowest BCUT2D eigenvalue weighted by atomic mass is 10.1. The van der Waals surface area contributed by atoms with Gasteiger partial charge in [-0.1, -0.05) is 0 Å². The van der Waals surface area contributed by atoms with E-state index in [-0.39, 0.29) is 18.1 Å². The maximum atomic E-state index is 12.4. The Morgan fingerprint density at radius 2 is 2.12 bits per heavy atom. The summed E-state index contributed by atoms with van der Waals surface area (Å²) >= 11 is 0. The molecule has 0 radical (unpaired) electrons. The summed E-state index contributed by atoms with van der Waals surface area (Å²) in [6, 6.07) is 5.49. The van der Waals surface area contributed by atoms with Crippen molar-refractivity contribution in [2.75, 3.05) is 6.61 Å². The fraction of sp³-hybridized carbons (Fsp3) is 0.222. The minimum absolute atomic E-state index is 0.0681. The number of ketones is 1. The second-order valence-electron chi connectivity index (χ2n) is 5.54. The molecule has 0 bridgehead atoms. The third kappa shape index (κ3) is 3.65. The van der Waals surface area contributed by atoms with Crippen LogP contribution in [0.5, 0.6) is 0 Å². The smallest absolute Gasteiger partial charge is 0.358 e. The highest BCUT2D eigenvalue weighted by atomic mass is 16.5. The molecule has 0 spiro atoms. The molecule has 0 aliphatic carbocycles. The quantitative estimate of drug-likeness (QED) is 0.507. The first kappa shape index (κ1) is 16.6. The molecule has 0 N–H and O–H groups in total. The number of aromatic nitrogens is 3. The van der Waals surface area contributed by atoms with Gasteiger partial charge in [-0.15, -0.1) is 0 Å². The zero-order chi connectivity index (χ0) is 17.8. The first-order valence-corrected chi connectivity index (χ1v) is 7.71. The van der Waals surface area contributed by atoms with Crippen molar-refractivity contribution in [3.63, 3.8) is 0 Å². The van der Waals surface area contributed by atoms with E-state index in [1.807, 2.05) is 30.5 Å². The average Bonchev–Trinajstić information content (AvgIpc) is 3.24.